The van der Waals surface area contributed by atoms with E-state index in [4.69, 9.17) is 9.05 Å². The fraction of sp³-hybridized carbons (Fsp3) is 0.500. The molecule has 0 saturated heterocycles. The lowest BCUT2D eigenvalue weighted by molar-refractivity contribution is -0.116. The minimum atomic E-state index is -3.33. The Kier molecular flexibility index (Phi) is 4.97. The maximum absolute atomic E-state index is 12.4. The van der Waals surface area contributed by atoms with Gasteiger partial charge in [0.25, 0.3) is 0 Å². The SMILES string of the molecule is CCOP(=O)(CC(=O)N1CCc2ccccc21)OCC. The first-order valence-corrected chi connectivity index (χ1v) is 8.59. The van der Waals surface area contributed by atoms with Crippen molar-refractivity contribution in [3.8, 4) is 0 Å². The van der Waals surface area contributed by atoms with Crippen molar-refractivity contribution in [3.63, 3.8) is 0 Å². The van der Waals surface area contributed by atoms with Crippen LogP contribution in [0.2, 0.25) is 0 Å². The Morgan fingerprint density at radius 1 is 1.25 bits per heavy atom. The predicted octanol–water partition coefficient (Wildman–Crippen LogP) is 2.84. The zero-order chi connectivity index (χ0) is 14.6. The van der Waals surface area contributed by atoms with Gasteiger partial charge in [-0.25, -0.2) is 0 Å². The van der Waals surface area contributed by atoms with Gasteiger partial charge in [0.2, 0.25) is 5.91 Å². The van der Waals surface area contributed by atoms with E-state index < -0.39 is 7.60 Å². The third-order valence-corrected chi connectivity index (χ3v) is 5.13. The van der Waals surface area contributed by atoms with Gasteiger partial charge in [0.1, 0.15) is 6.16 Å². The maximum Gasteiger partial charge on any atom is 0.340 e. The number of fused-ring (bicyclic) bond motifs is 1. The van der Waals surface area contributed by atoms with Crippen LogP contribution in [0.25, 0.3) is 0 Å². The third-order valence-electron chi connectivity index (χ3n) is 3.17. The standard InChI is InChI=1S/C14H20NO4P/c1-3-18-20(17,19-4-2)11-14(16)15-10-9-12-7-5-6-8-13(12)15/h5-8H,3-4,9-11H2,1-2H3. The van der Waals surface area contributed by atoms with Gasteiger partial charge in [-0.15, -0.1) is 0 Å². The van der Waals surface area contributed by atoms with Crippen LogP contribution in [0.15, 0.2) is 24.3 Å². The van der Waals surface area contributed by atoms with Gasteiger partial charge in [-0.2, -0.15) is 0 Å². The summed E-state index contributed by atoms with van der Waals surface area (Å²) in [5, 5.41) is 0. The molecule has 2 rings (SSSR count). The summed E-state index contributed by atoms with van der Waals surface area (Å²) in [6.45, 7) is 4.63. The molecule has 0 unspecified atom stereocenters. The minimum Gasteiger partial charge on any atom is -0.311 e. The molecule has 1 heterocycles. The van der Waals surface area contributed by atoms with Crippen LogP contribution < -0.4 is 4.90 Å². The molecule has 0 atom stereocenters. The fourth-order valence-corrected chi connectivity index (χ4v) is 3.92. The van der Waals surface area contributed by atoms with E-state index in [1.807, 2.05) is 24.3 Å². The van der Waals surface area contributed by atoms with Crippen LogP contribution in [-0.2, 0) is 24.8 Å². The number of hydrogen-bond acceptors (Lipinski definition) is 4. The van der Waals surface area contributed by atoms with Gasteiger partial charge in [0, 0.05) is 12.2 Å². The number of amides is 1. The van der Waals surface area contributed by atoms with E-state index in [9.17, 15) is 9.36 Å². The van der Waals surface area contributed by atoms with Crippen LogP contribution in [0.1, 0.15) is 19.4 Å². The lowest BCUT2D eigenvalue weighted by Gasteiger charge is -2.21. The van der Waals surface area contributed by atoms with E-state index >= 15 is 0 Å². The van der Waals surface area contributed by atoms with Crippen molar-refractivity contribution in [2.24, 2.45) is 0 Å². The van der Waals surface area contributed by atoms with Crippen molar-refractivity contribution in [2.45, 2.75) is 20.3 Å². The smallest absolute Gasteiger partial charge is 0.311 e. The third kappa shape index (κ3) is 3.29. The lowest BCUT2D eigenvalue weighted by Crippen LogP contribution is -2.32. The van der Waals surface area contributed by atoms with Crippen molar-refractivity contribution in [3.05, 3.63) is 29.8 Å². The Morgan fingerprint density at radius 3 is 2.55 bits per heavy atom. The summed E-state index contributed by atoms with van der Waals surface area (Å²) >= 11 is 0. The maximum atomic E-state index is 12.4. The highest BCUT2D eigenvalue weighted by atomic mass is 31.2. The van der Waals surface area contributed by atoms with E-state index in [-0.39, 0.29) is 25.3 Å². The second-order valence-corrected chi connectivity index (χ2v) is 6.58. The number of hydrogen-bond donors (Lipinski definition) is 0. The zero-order valence-electron chi connectivity index (χ0n) is 11.9. The van der Waals surface area contributed by atoms with Gasteiger partial charge in [-0.3, -0.25) is 9.36 Å². The van der Waals surface area contributed by atoms with Gasteiger partial charge >= 0.3 is 7.60 Å². The quantitative estimate of drug-likeness (QED) is 0.758. The summed E-state index contributed by atoms with van der Waals surface area (Å²) in [6, 6.07) is 7.77. The molecule has 0 fully saturated rings. The molecule has 1 aromatic carbocycles. The second-order valence-electron chi connectivity index (χ2n) is 4.53. The van der Waals surface area contributed by atoms with E-state index in [0.717, 1.165) is 17.7 Å². The molecule has 20 heavy (non-hydrogen) atoms. The molecule has 6 heteroatoms. The molecule has 0 radical (unpaired) electrons. The number of anilines is 1. The van der Waals surface area contributed by atoms with Crippen molar-refractivity contribution in [1.29, 1.82) is 0 Å². The Balaban J connectivity index is 2.11. The first-order valence-electron chi connectivity index (χ1n) is 6.86. The van der Waals surface area contributed by atoms with Gasteiger partial charge in [-0.1, -0.05) is 18.2 Å². The first kappa shape index (κ1) is 15.2. The van der Waals surface area contributed by atoms with Gasteiger partial charge in [0.05, 0.1) is 13.2 Å². The Hall–Kier alpha value is -1.16. The van der Waals surface area contributed by atoms with E-state index in [0.29, 0.717) is 6.54 Å². The van der Waals surface area contributed by atoms with Gasteiger partial charge in [0.15, 0.2) is 0 Å². The molecule has 1 amide bonds. The summed E-state index contributed by atoms with van der Waals surface area (Å²) in [6.07, 6.45) is 0.624. The lowest BCUT2D eigenvalue weighted by atomic mass is 10.2. The molecule has 0 saturated carbocycles. The normalized spacial score (nSPS) is 14.4. The summed E-state index contributed by atoms with van der Waals surface area (Å²) in [4.78, 5) is 14.0. The van der Waals surface area contributed by atoms with E-state index in [1.165, 1.54) is 0 Å². The Morgan fingerprint density at radius 2 is 1.90 bits per heavy atom. The van der Waals surface area contributed by atoms with Crippen LogP contribution in [-0.4, -0.2) is 31.8 Å². The van der Waals surface area contributed by atoms with Gasteiger partial charge in [-0.05, 0) is 31.9 Å². The van der Waals surface area contributed by atoms with E-state index in [2.05, 4.69) is 0 Å². The molecule has 0 aromatic heterocycles. The Bertz CT molecular complexity index is 522. The van der Waals surface area contributed by atoms with Crippen LogP contribution in [0, 0.1) is 0 Å². The number of para-hydroxylation sites is 1. The molecule has 0 bridgehead atoms. The topological polar surface area (TPSA) is 55.8 Å². The van der Waals surface area contributed by atoms with Crippen LogP contribution in [0.5, 0.6) is 0 Å². The summed E-state index contributed by atoms with van der Waals surface area (Å²) in [5.74, 6) is -0.208. The fourth-order valence-electron chi connectivity index (χ4n) is 2.37. The molecule has 1 aliphatic heterocycles. The molecule has 1 aliphatic rings. The zero-order valence-corrected chi connectivity index (χ0v) is 12.8. The highest BCUT2D eigenvalue weighted by Crippen LogP contribution is 2.48. The summed E-state index contributed by atoms with van der Waals surface area (Å²) in [5.41, 5.74) is 2.04. The predicted molar refractivity (Wildman–Crippen MR) is 78.2 cm³/mol. The van der Waals surface area contributed by atoms with E-state index in [1.54, 1.807) is 18.7 Å². The van der Waals surface area contributed by atoms with Crippen LogP contribution in [0.3, 0.4) is 0 Å². The van der Waals surface area contributed by atoms with Crippen molar-refractivity contribution >= 4 is 19.2 Å². The molecular formula is C14H20NO4P. The largest absolute Gasteiger partial charge is 0.340 e. The number of nitrogens with zero attached hydrogens (tertiary/aromatic N) is 1. The summed E-state index contributed by atoms with van der Waals surface area (Å²) in [7, 11) is -3.33. The molecule has 0 spiro atoms. The number of rotatable bonds is 6. The highest BCUT2D eigenvalue weighted by molar-refractivity contribution is 7.54. The van der Waals surface area contributed by atoms with Crippen molar-refractivity contribution in [1.82, 2.24) is 0 Å². The highest BCUT2D eigenvalue weighted by Gasteiger charge is 2.33. The van der Waals surface area contributed by atoms with Crippen molar-refractivity contribution in [2.75, 3.05) is 30.8 Å². The molecule has 0 N–H and O–H groups in total. The second kappa shape index (κ2) is 6.53. The average molecular weight is 297 g/mol. The number of carbonyl (C=O) groups excluding carboxylic acids is 1. The molecule has 110 valence electrons. The monoisotopic (exact) mass is 297 g/mol. The van der Waals surface area contributed by atoms with Crippen LogP contribution in [0.4, 0.5) is 5.69 Å². The molecule has 0 aliphatic carbocycles. The molecular weight excluding hydrogens is 277 g/mol. The average Bonchev–Trinajstić information content (AvgIpc) is 2.82. The van der Waals surface area contributed by atoms with Crippen molar-refractivity contribution < 1.29 is 18.4 Å². The Labute approximate surface area is 119 Å². The minimum absolute atomic E-state index is 0.205. The molecule has 1 aromatic rings. The van der Waals surface area contributed by atoms with Gasteiger partial charge < -0.3 is 13.9 Å². The van der Waals surface area contributed by atoms with Crippen LogP contribution >= 0.6 is 7.60 Å². The summed E-state index contributed by atoms with van der Waals surface area (Å²) < 4.78 is 22.7. The number of carbonyl (C=O) groups is 1. The number of benzene rings is 1. The first-order chi connectivity index (χ1) is 9.59. The molecule has 5 nitrogen and oxygen atoms in total.